The van der Waals surface area contributed by atoms with E-state index in [0.29, 0.717) is 70.6 Å². The normalized spacial score (nSPS) is 23.8. The number of likely N-dealkylation sites (tertiary alicyclic amines) is 1. The molecule has 3 unspecified atom stereocenters. The van der Waals surface area contributed by atoms with Gasteiger partial charge in [0.25, 0.3) is 5.91 Å². The van der Waals surface area contributed by atoms with Crippen molar-refractivity contribution >= 4 is 40.4 Å². The van der Waals surface area contributed by atoms with Gasteiger partial charge in [0.15, 0.2) is 0 Å². The molecule has 0 spiro atoms. The van der Waals surface area contributed by atoms with Crippen LogP contribution in [0.4, 0.5) is 10.5 Å². The number of pyridine rings is 3. The highest BCUT2D eigenvalue weighted by Gasteiger charge is 2.43. The lowest BCUT2D eigenvalue weighted by Gasteiger charge is -2.38. The van der Waals surface area contributed by atoms with Gasteiger partial charge in [-0.15, -0.1) is 0 Å². The van der Waals surface area contributed by atoms with Gasteiger partial charge >= 0.3 is 12.0 Å². The van der Waals surface area contributed by atoms with E-state index in [2.05, 4.69) is 82.1 Å². The molecule has 4 saturated heterocycles. The molecule has 0 radical (unpaired) electrons. The van der Waals surface area contributed by atoms with Gasteiger partial charge < -0.3 is 38.8 Å². The first-order valence-electron chi connectivity index (χ1n) is 29.0. The molecular formula is C61H79N11O7. The zero-order valence-electron chi connectivity index (χ0n) is 47.0. The Balaban J connectivity index is 0.956. The standard InChI is InChI=1S/C61H79N11O7/c1-7-70-53-21-18-40-31-47(53)49(56(70)48-34-46(36-63-54(48)39(2)77-6)69-28-26-68(27-29-69)44-19-20-44)35-61(3,4)38-79-59(75)51-17-12-25-72(66-51)58(74)52(33-43-14-10-16-50(40)64-43)65-57(73)55(41-22-30-78-37-41)67(5)60(76)71-24-11-15-45(71)32-42-13-8-9-23-62-42/h8-10,13-14,16,18,21,23,31,34,36,39,41,44-45,51-52,55,66H,7,11-12,15,17,19-20,22,24-30,32-33,35,37-38H2,1-6H3,(H,65,73)/t39-,41?,45?,51-,52-,55?/m0/s1. The lowest BCUT2D eigenvalue weighted by Crippen LogP contribution is -2.63. The average molecular weight is 1080 g/mol. The number of carbonyl (C=O) groups is 4. The summed E-state index contributed by atoms with van der Waals surface area (Å²) in [6, 6.07) is 18.0. The Hall–Kier alpha value is -6.47. The number of rotatable bonds is 12. The molecule has 5 aromatic rings. The summed E-state index contributed by atoms with van der Waals surface area (Å²) in [7, 11) is 3.42. The summed E-state index contributed by atoms with van der Waals surface area (Å²) in [5.41, 5.74) is 12.0. The van der Waals surface area contributed by atoms with Gasteiger partial charge in [-0.25, -0.2) is 10.2 Å². The number of amides is 4. The number of urea groups is 1. The number of cyclic esters (lactones) is 1. The number of hydrogen-bond donors (Lipinski definition) is 2. The minimum Gasteiger partial charge on any atom is -0.464 e. The molecule has 9 heterocycles. The molecule has 1 aromatic carbocycles. The molecule has 5 aliphatic heterocycles. The van der Waals surface area contributed by atoms with Crippen LogP contribution in [0, 0.1) is 11.3 Å². The van der Waals surface area contributed by atoms with E-state index in [0.717, 1.165) is 101 Å². The number of aryl methyl sites for hydroxylation is 1. The number of benzene rings is 1. The van der Waals surface area contributed by atoms with Crippen LogP contribution in [0.25, 0.3) is 33.4 Å². The summed E-state index contributed by atoms with van der Waals surface area (Å²) in [6.45, 7) is 14.9. The zero-order chi connectivity index (χ0) is 55.0. The van der Waals surface area contributed by atoms with Gasteiger partial charge in [0, 0.05) is 142 Å². The van der Waals surface area contributed by atoms with Gasteiger partial charge in [0.2, 0.25) is 5.91 Å². The van der Waals surface area contributed by atoms with Crippen molar-refractivity contribution in [3.8, 4) is 22.5 Å². The smallest absolute Gasteiger partial charge is 0.324 e. The quantitative estimate of drug-likeness (QED) is 0.122. The van der Waals surface area contributed by atoms with Crippen molar-refractivity contribution in [3.63, 3.8) is 0 Å². The van der Waals surface area contributed by atoms with Crippen LogP contribution < -0.4 is 15.6 Å². The Morgan fingerprint density at radius 3 is 2.52 bits per heavy atom. The van der Waals surface area contributed by atoms with Crippen LogP contribution in [0.3, 0.4) is 0 Å². The third kappa shape index (κ3) is 11.6. The van der Waals surface area contributed by atoms with E-state index in [-0.39, 0.29) is 37.1 Å². The van der Waals surface area contributed by atoms with Gasteiger partial charge in [-0.1, -0.05) is 32.0 Å². The number of piperazine rings is 1. The molecule has 1 saturated carbocycles. The van der Waals surface area contributed by atoms with Crippen molar-refractivity contribution < 1.29 is 33.4 Å². The van der Waals surface area contributed by atoms with Crippen molar-refractivity contribution in [1.82, 2.24) is 50.0 Å². The van der Waals surface area contributed by atoms with Gasteiger partial charge in [-0.2, -0.15) is 0 Å². The first-order chi connectivity index (χ1) is 38.3. The van der Waals surface area contributed by atoms with E-state index < -0.39 is 41.3 Å². The van der Waals surface area contributed by atoms with Gasteiger partial charge in [0.05, 0.1) is 48.3 Å². The molecule has 11 rings (SSSR count). The molecule has 6 bridgehead atoms. The SMILES string of the molecule is CCn1c(-c2cc(N3CCN(C4CC4)CC3)cnc2[C@H](C)OC)c2c3cc(ccc31)-c1cccc(n1)C[C@H](NC(=O)C(C1CCOC1)N(C)C(=O)N1CCCC1Cc1ccccn1)C(=O)N1CCC[C@H](N1)C(=O)OCC(C)(C)C2. The van der Waals surface area contributed by atoms with E-state index in [1.165, 1.54) is 17.9 Å². The number of fused-ring (bicyclic) bond motifs is 6. The second kappa shape index (κ2) is 23.3. The van der Waals surface area contributed by atoms with Crippen molar-refractivity contribution in [2.45, 2.75) is 135 Å². The molecule has 5 fully saturated rings. The molecule has 6 aliphatic rings. The lowest BCUT2D eigenvalue weighted by atomic mass is 9.84. The Morgan fingerprint density at radius 1 is 0.949 bits per heavy atom. The molecule has 2 N–H and O–H groups in total. The Labute approximate surface area is 464 Å². The Bertz CT molecular complexity index is 3020. The van der Waals surface area contributed by atoms with Crippen molar-refractivity contribution in [1.29, 1.82) is 0 Å². The molecule has 4 amide bonds. The number of carbonyl (C=O) groups excluding carboxylic acids is 4. The predicted molar refractivity (Wildman–Crippen MR) is 302 cm³/mol. The van der Waals surface area contributed by atoms with Crippen LogP contribution in [0.15, 0.2) is 73.1 Å². The molecule has 4 aromatic heterocycles. The first kappa shape index (κ1) is 54.5. The molecule has 420 valence electrons. The number of ether oxygens (including phenoxy) is 3. The summed E-state index contributed by atoms with van der Waals surface area (Å²) >= 11 is 0. The molecule has 79 heavy (non-hydrogen) atoms. The predicted octanol–water partition coefficient (Wildman–Crippen LogP) is 6.98. The highest BCUT2D eigenvalue weighted by molar-refractivity contribution is 5.96. The van der Waals surface area contributed by atoms with Crippen LogP contribution in [0.5, 0.6) is 0 Å². The van der Waals surface area contributed by atoms with E-state index in [4.69, 9.17) is 24.2 Å². The summed E-state index contributed by atoms with van der Waals surface area (Å²) in [5.74, 6) is -1.61. The minimum absolute atomic E-state index is 0.0486. The van der Waals surface area contributed by atoms with Gasteiger partial charge in [-0.3, -0.25) is 39.2 Å². The molecular weight excluding hydrogens is 999 g/mol. The average Bonchev–Trinajstić information content (AvgIpc) is 4.09. The second-order valence-corrected chi connectivity index (χ2v) is 23.6. The highest BCUT2D eigenvalue weighted by atomic mass is 16.5. The fraction of sp³-hybridized carbons (Fsp3) is 0.557. The maximum absolute atomic E-state index is 15.1. The first-order valence-corrected chi connectivity index (χ1v) is 29.0. The summed E-state index contributed by atoms with van der Waals surface area (Å²) < 4.78 is 20.6. The van der Waals surface area contributed by atoms with Crippen molar-refractivity contribution in [3.05, 3.63) is 95.7 Å². The number of likely N-dealkylation sites (N-methyl/N-ethyl adjacent to an activating group) is 1. The molecule has 1 aliphatic carbocycles. The van der Waals surface area contributed by atoms with Crippen LogP contribution in [0.1, 0.15) is 101 Å². The number of anilines is 1. The van der Waals surface area contributed by atoms with Crippen LogP contribution in [0.2, 0.25) is 0 Å². The summed E-state index contributed by atoms with van der Waals surface area (Å²) in [6.07, 6.45) is 10.6. The maximum Gasteiger partial charge on any atom is 0.324 e. The monoisotopic (exact) mass is 1080 g/mol. The third-order valence-corrected chi connectivity index (χ3v) is 17.4. The number of methoxy groups -OCH3 is 1. The van der Waals surface area contributed by atoms with E-state index >= 15 is 9.59 Å². The number of aromatic nitrogens is 4. The third-order valence-electron chi connectivity index (χ3n) is 17.4. The summed E-state index contributed by atoms with van der Waals surface area (Å²) in [5, 5.41) is 5.67. The minimum atomic E-state index is -1.11. The van der Waals surface area contributed by atoms with E-state index in [1.54, 1.807) is 25.3 Å². The molecule has 18 nitrogen and oxygen atoms in total. The summed E-state index contributed by atoms with van der Waals surface area (Å²) in [4.78, 5) is 82.5. The van der Waals surface area contributed by atoms with Crippen molar-refractivity contribution in [2.24, 2.45) is 11.3 Å². The Kier molecular flexibility index (Phi) is 16.1. The van der Waals surface area contributed by atoms with E-state index in [1.807, 2.05) is 47.5 Å². The molecule has 18 heteroatoms. The number of nitrogens with one attached hydrogen (secondary N) is 2. The Morgan fingerprint density at radius 2 is 1.77 bits per heavy atom. The van der Waals surface area contributed by atoms with Crippen LogP contribution >= 0.6 is 0 Å². The van der Waals surface area contributed by atoms with Gasteiger partial charge in [0.1, 0.15) is 18.1 Å². The topological polar surface area (TPSA) is 180 Å². The highest BCUT2D eigenvalue weighted by Crippen LogP contribution is 2.43. The number of esters is 1. The maximum atomic E-state index is 15.1. The zero-order valence-corrected chi connectivity index (χ0v) is 47.0. The van der Waals surface area contributed by atoms with Crippen LogP contribution in [-0.2, 0) is 54.4 Å². The fourth-order valence-corrected chi connectivity index (χ4v) is 13.0. The number of hydrogen-bond acceptors (Lipinski definition) is 13. The van der Waals surface area contributed by atoms with Gasteiger partial charge in [-0.05, 0) is 113 Å². The second-order valence-electron chi connectivity index (χ2n) is 23.6. The van der Waals surface area contributed by atoms with E-state index in [9.17, 15) is 9.59 Å². The lowest BCUT2D eigenvalue weighted by molar-refractivity contribution is -0.155. The number of hydrazine groups is 1. The number of nitrogens with zero attached hydrogens (tertiary/aromatic N) is 9. The largest absolute Gasteiger partial charge is 0.464 e. The van der Waals surface area contributed by atoms with Crippen molar-refractivity contribution in [2.75, 3.05) is 78.1 Å². The fourth-order valence-electron chi connectivity index (χ4n) is 13.0. The van der Waals surface area contributed by atoms with Crippen LogP contribution in [-0.4, -0.2) is 166 Å². The molecule has 6 atom stereocenters.